The normalized spacial score (nSPS) is 19.7. The smallest absolute Gasteiger partial charge is 0.225 e. The molecule has 0 bridgehead atoms. The van der Waals surface area contributed by atoms with E-state index in [0.29, 0.717) is 19.4 Å². The number of piperidine rings is 1. The fourth-order valence-electron chi connectivity index (χ4n) is 2.65. The molecule has 1 atom stereocenters. The largest absolute Gasteiger partial charge is 0.388 e. The van der Waals surface area contributed by atoms with E-state index in [1.807, 2.05) is 27.7 Å². The van der Waals surface area contributed by atoms with Crippen molar-refractivity contribution in [2.45, 2.75) is 59.0 Å². The van der Waals surface area contributed by atoms with E-state index in [-0.39, 0.29) is 30.2 Å². The Morgan fingerprint density at radius 3 is 2.48 bits per heavy atom. The van der Waals surface area contributed by atoms with Gasteiger partial charge in [0.25, 0.3) is 0 Å². The van der Waals surface area contributed by atoms with E-state index in [1.54, 1.807) is 4.90 Å². The lowest BCUT2D eigenvalue weighted by Crippen LogP contribution is -2.49. The van der Waals surface area contributed by atoms with Gasteiger partial charge in [-0.1, -0.05) is 27.7 Å². The molecule has 2 amide bonds. The van der Waals surface area contributed by atoms with Crippen molar-refractivity contribution in [2.75, 3.05) is 19.6 Å². The van der Waals surface area contributed by atoms with Gasteiger partial charge in [0.05, 0.1) is 11.5 Å². The maximum absolute atomic E-state index is 12.3. The molecule has 1 unspecified atom stereocenters. The second-order valence-corrected chi connectivity index (χ2v) is 6.43. The highest BCUT2D eigenvalue weighted by Gasteiger charge is 2.30. The van der Waals surface area contributed by atoms with Crippen molar-refractivity contribution < 1.29 is 14.7 Å². The van der Waals surface area contributed by atoms with Crippen molar-refractivity contribution in [2.24, 2.45) is 11.8 Å². The first-order valence-corrected chi connectivity index (χ1v) is 8.11. The summed E-state index contributed by atoms with van der Waals surface area (Å²) in [5.41, 5.74) is -0.822. The average molecular weight is 298 g/mol. The third-order valence-electron chi connectivity index (χ3n) is 4.51. The Hall–Kier alpha value is -1.10. The van der Waals surface area contributed by atoms with Crippen molar-refractivity contribution in [3.05, 3.63) is 0 Å². The van der Waals surface area contributed by atoms with Crippen LogP contribution >= 0.6 is 0 Å². The zero-order valence-electron chi connectivity index (χ0n) is 13.8. The summed E-state index contributed by atoms with van der Waals surface area (Å²) in [5.74, 6) is -0.112. The van der Waals surface area contributed by atoms with E-state index in [1.165, 1.54) is 0 Å². The van der Waals surface area contributed by atoms with Crippen LogP contribution in [0.1, 0.15) is 53.4 Å². The van der Waals surface area contributed by atoms with Gasteiger partial charge in [0.1, 0.15) is 0 Å². The molecule has 5 nitrogen and oxygen atoms in total. The quantitative estimate of drug-likeness (QED) is 0.781. The molecule has 0 aromatic heterocycles. The van der Waals surface area contributed by atoms with Gasteiger partial charge >= 0.3 is 0 Å². The lowest BCUT2D eigenvalue weighted by Gasteiger charge is -2.34. The summed E-state index contributed by atoms with van der Waals surface area (Å²) in [6, 6.07) is 0. The topological polar surface area (TPSA) is 69.6 Å². The summed E-state index contributed by atoms with van der Waals surface area (Å²) in [5, 5.41) is 13.1. The Kier molecular flexibility index (Phi) is 6.65. The van der Waals surface area contributed by atoms with Crippen molar-refractivity contribution >= 4 is 11.8 Å². The van der Waals surface area contributed by atoms with Crippen LogP contribution in [-0.4, -0.2) is 47.1 Å². The van der Waals surface area contributed by atoms with Crippen molar-refractivity contribution in [1.82, 2.24) is 10.2 Å². The summed E-state index contributed by atoms with van der Waals surface area (Å²) < 4.78 is 0. The van der Waals surface area contributed by atoms with Crippen LogP contribution in [-0.2, 0) is 9.59 Å². The van der Waals surface area contributed by atoms with Gasteiger partial charge in [-0.25, -0.2) is 0 Å². The maximum atomic E-state index is 12.3. The lowest BCUT2D eigenvalue weighted by atomic mass is 9.94. The fraction of sp³-hybridized carbons (Fsp3) is 0.875. The maximum Gasteiger partial charge on any atom is 0.225 e. The summed E-state index contributed by atoms with van der Waals surface area (Å²) in [6.45, 7) is 9.13. The number of carbonyl (C=O) groups excluding carboxylic acids is 2. The number of nitrogens with zero attached hydrogens (tertiary/aromatic N) is 1. The molecule has 0 spiro atoms. The Morgan fingerprint density at radius 2 is 1.95 bits per heavy atom. The second kappa shape index (κ2) is 7.78. The molecule has 0 aliphatic carbocycles. The summed E-state index contributed by atoms with van der Waals surface area (Å²) >= 11 is 0. The number of rotatable bonds is 6. The SMILES string of the molecule is CCC(O)(CC)CNC(=O)C1CCCN(C(=O)C(C)C)C1. The van der Waals surface area contributed by atoms with Gasteiger partial charge in [0.2, 0.25) is 11.8 Å². The predicted molar refractivity (Wildman–Crippen MR) is 82.7 cm³/mol. The van der Waals surface area contributed by atoms with Crippen LogP contribution in [0.3, 0.4) is 0 Å². The molecule has 1 rings (SSSR count). The van der Waals surface area contributed by atoms with Crippen LogP contribution in [0, 0.1) is 11.8 Å². The van der Waals surface area contributed by atoms with E-state index in [9.17, 15) is 14.7 Å². The molecule has 21 heavy (non-hydrogen) atoms. The lowest BCUT2D eigenvalue weighted by molar-refractivity contribution is -0.138. The van der Waals surface area contributed by atoms with Gasteiger partial charge < -0.3 is 15.3 Å². The minimum atomic E-state index is -0.822. The van der Waals surface area contributed by atoms with Gasteiger partial charge in [-0.2, -0.15) is 0 Å². The fourth-order valence-corrected chi connectivity index (χ4v) is 2.65. The Labute approximate surface area is 128 Å². The summed E-state index contributed by atoms with van der Waals surface area (Å²) in [4.78, 5) is 26.1. The molecule has 0 aromatic carbocycles. The van der Waals surface area contributed by atoms with Gasteiger partial charge in [0, 0.05) is 25.6 Å². The molecule has 5 heteroatoms. The average Bonchev–Trinajstić information content (AvgIpc) is 2.51. The number of aliphatic hydroxyl groups is 1. The van der Waals surface area contributed by atoms with Crippen LogP contribution in [0.2, 0.25) is 0 Å². The third-order valence-corrected chi connectivity index (χ3v) is 4.51. The Bertz CT molecular complexity index is 365. The monoisotopic (exact) mass is 298 g/mol. The zero-order valence-corrected chi connectivity index (χ0v) is 13.8. The van der Waals surface area contributed by atoms with Crippen molar-refractivity contribution in [1.29, 1.82) is 0 Å². The molecule has 0 radical (unpaired) electrons. The summed E-state index contributed by atoms with van der Waals surface area (Å²) in [6.07, 6.45) is 2.91. The van der Waals surface area contributed by atoms with Gasteiger partial charge in [-0.3, -0.25) is 9.59 Å². The zero-order chi connectivity index (χ0) is 16.0. The van der Waals surface area contributed by atoms with Crippen molar-refractivity contribution in [3.8, 4) is 0 Å². The van der Waals surface area contributed by atoms with Gasteiger partial charge in [0.15, 0.2) is 0 Å². The molecule has 1 fully saturated rings. The molecule has 1 heterocycles. The van der Waals surface area contributed by atoms with E-state index >= 15 is 0 Å². The molecular formula is C16H30N2O3. The number of hydrogen-bond acceptors (Lipinski definition) is 3. The second-order valence-electron chi connectivity index (χ2n) is 6.43. The van der Waals surface area contributed by atoms with Crippen LogP contribution in [0.4, 0.5) is 0 Å². The first kappa shape index (κ1) is 18.0. The number of nitrogens with one attached hydrogen (secondary N) is 1. The molecule has 122 valence electrons. The molecule has 0 aromatic rings. The van der Waals surface area contributed by atoms with Crippen LogP contribution in [0.15, 0.2) is 0 Å². The van der Waals surface area contributed by atoms with Gasteiger partial charge in [-0.05, 0) is 25.7 Å². The van der Waals surface area contributed by atoms with E-state index in [4.69, 9.17) is 0 Å². The van der Waals surface area contributed by atoms with Crippen molar-refractivity contribution in [3.63, 3.8) is 0 Å². The Morgan fingerprint density at radius 1 is 1.33 bits per heavy atom. The summed E-state index contributed by atoms with van der Waals surface area (Å²) in [7, 11) is 0. The first-order chi connectivity index (χ1) is 9.83. The predicted octanol–water partition coefficient (Wildman–Crippen LogP) is 1.55. The standard InChI is InChI=1S/C16H30N2O3/c1-5-16(21,6-2)11-17-14(19)13-8-7-9-18(10-13)15(20)12(3)4/h12-13,21H,5-11H2,1-4H3,(H,17,19). The van der Waals surface area contributed by atoms with Crippen LogP contribution in [0.25, 0.3) is 0 Å². The molecular weight excluding hydrogens is 268 g/mol. The number of likely N-dealkylation sites (tertiary alicyclic amines) is 1. The number of carbonyl (C=O) groups is 2. The van der Waals surface area contributed by atoms with Crippen LogP contribution in [0.5, 0.6) is 0 Å². The highest BCUT2D eigenvalue weighted by Crippen LogP contribution is 2.19. The molecule has 1 aliphatic rings. The number of amides is 2. The minimum Gasteiger partial charge on any atom is -0.388 e. The highest BCUT2D eigenvalue weighted by atomic mass is 16.3. The molecule has 0 saturated carbocycles. The van der Waals surface area contributed by atoms with Gasteiger partial charge in [-0.15, -0.1) is 0 Å². The minimum absolute atomic E-state index is 0.0305. The molecule has 1 aliphatic heterocycles. The molecule has 2 N–H and O–H groups in total. The van der Waals surface area contributed by atoms with Crippen LogP contribution < -0.4 is 5.32 Å². The van der Waals surface area contributed by atoms with E-state index < -0.39 is 5.60 Å². The highest BCUT2D eigenvalue weighted by molar-refractivity contribution is 5.82. The third kappa shape index (κ3) is 4.99. The molecule has 1 saturated heterocycles. The van der Waals surface area contributed by atoms with E-state index in [0.717, 1.165) is 19.4 Å². The Balaban J connectivity index is 2.53. The number of hydrogen-bond donors (Lipinski definition) is 2. The first-order valence-electron chi connectivity index (χ1n) is 8.11. The van der Waals surface area contributed by atoms with E-state index in [2.05, 4.69) is 5.32 Å².